The largest absolute Gasteiger partial charge is 0.481 e. The van der Waals surface area contributed by atoms with E-state index in [-0.39, 0.29) is 36.4 Å². The van der Waals surface area contributed by atoms with Crippen LogP contribution >= 0.6 is 0 Å². The van der Waals surface area contributed by atoms with E-state index >= 15 is 0 Å². The molecule has 2 atom stereocenters. The molecule has 8 nitrogen and oxygen atoms in total. The maximum absolute atomic E-state index is 13.3. The summed E-state index contributed by atoms with van der Waals surface area (Å²) in [5.74, 6) is -1.41. The second-order valence-corrected chi connectivity index (χ2v) is 9.23. The molecule has 0 radical (unpaired) electrons. The first-order valence-corrected chi connectivity index (χ1v) is 12.2. The number of amides is 1. The van der Waals surface area contributed by atoms with Crippen molar-refractivity contribution in [3.05, 3.63) is 77.4 Å². The lowest BCUT2D eigenvalue weighted by molar-refractivity contribution is -0.139. The van der Waals surface area contributed by atoms with Crippen LogP contribution in [0.15, 0.2) is 60.7 Å². The number of nitrogen functional groups attached to an aromatic ring is 1. The molecule has 0 saturated carbocycles. The summed E-state index contributed by atoms with van der Waals surface area (Å²) in [6.07, 6.45) is 5.25. The minimum atomic E-state index is -0.801. The lowest BCUT2D eigenvalue weighted by atomic mass is 9.93. The number of carbonyl (C=O) groups excluding carboxylic acids is 2. The standard InChI is InChI=1S/C28H34N4O4/c1-19(28(36)32-15-13-21(14-16-32)17-25(33)34)31-18-24(8-7-20-5-3-2-4-6-20)26(35)22-9-11-23(12-10-22)27(29)30/h2-12,19,21,24,31H,13-18H2,1H3,(H3,29,30)(H,33,34)/t19-,24?/m0/s1. The van der Waals surface area contributed by atoms with Crippen LogP contribution in [0.1, 0.15) is 47.7 Å². The number of hydrogen-bond acceptors (Lipinski definition) is 5. The number of amidine groups is 1. The second kappa shape index (κ2) is 12.8. The monoisotopic (exact) mass is 490 g/mol. The van der Waals surface area contributed by atoms with E-state index in [1.807, 2.05) is 42.5 Å². The molecule has 0 spiro atoms. The molecule has 3 rings (SSSR count). The number of carboxylic acids is 1. The van der Waals surface area contributed by atoms with Crippen LogP contribution in [0.3, 0.4) is 0 Å². The molecule has 1 fully saturated rings. The smallest absolute Gasteiger partial charge is 0.303 e. The van der Waals surface area contributed by atoms with Crippen molar-refractivity contribution in [1.82, 2.24) is 10.2 Å². The van der Waals surface area contributed by atoms with Gasteiger partial charge in [-0.2, -0.15) is 0 Å². The average molecular weight is 491 g/mol. The third-order valence-corrected chi connectivity index (χ3v) is 6.54. The van der Waals surface area contributed by atoms with Gasteiger partial charge in [-0.25, -0.2) is 0 Å². The predicted molar refractivity (Wildman–Crippen MR) is 140 cm³/mol. The minimum Gasteiger partial charge on any atom is -0.481 e. The third-order valence-electron chi connectivity index (χ3n) is 6.54. The number of piperidine rings is 1. The van der Waals surface area contributed by atoms with Gasteiger partial charge in [0, 0.05) is 37.2 Å². The van der Waals surface area contributed by atoms with Crippen molar-refractivity contribution in [2.24, 2.45) is 17.6 Å². The van der Waals surface area contributed by atoms with E-state index in [1.54, 1.807) is 36.1 Å². The molecule has 0 aromatic heterocycles. The number of Topliss-reactive ketones (excluding diaryl/α,β-unsaturated/α-hetero) is 1. The van der Waals surface area contributed by atoms with Gasteiger partial charge < -0.3 is 21.1 Å². The van der Waals surface area contributed by atoms with Crippen molar-refractivity contribution in [2.45, 2.75) is 32.2 Å². The first kappa shape index (κ1) is 26.8. The number of ketones is 1. The van der Waals surface area contributed by atoms with E-state index in [4.69, 9.17) is 16.2 Å². The van der Waals surface area contributed by atoms with Gasteiger partial charge in [-0.05, 0) is 31.2 Å². The third kappa shape index (κ3) is 7.61. The Morgan fingerprint density at radius 3 is 2.28 bits per heavy atom. The summed E-state index contributed by atoms with van der Waals surface area (Å²) in [5, 5.41) is 19.8. The highest BCUT2D eigenvalue weighted by molar-refractivity contribution is 6.01. The number of carbonyl (C=O) groups is 3. The van der Waals surface area contributed by atoms with Gasteiger partial charge in [-0.15, -0.1) is 0 Å². The van der Waals surface area contributed by atoms with Crippen LogP contribution < -0.4 is 11.1 Å². The van der Waals surface area contributed by atoms with Crippen LogP contribution in [0.2, 0.25) is 0 Å². The van der Waals surface area contributed by atoms with Gasteiger partial charge in [-0.3, -0.25) is 19.8 Å². The Morgan fingerprint density at radius 1 is 1.08 bits per heavy atom. The fraction of sp³-hybridized carbons (Fsp3) is 0.357. The lowest BCUT2D eigenvalue weighted by Gasteiger charge is -2.33. The van der Waals surface area contributed by atoms with E-state index in [0.717, 1.165) is 5.56 Å². The maximum Gasteiger partial charge on any atom is 0.303 e. The number of benzene rings is 2. The van der Waals surface area contributed by atoms with Crippen LogP contribution in [0.5, 0.6) is 0 Å². The van der Waals surface area contributed by atoms with Crippen molar-refractivity contribution in [3.63, 3.8) is 0 Å². The first-order chi connectivity index (χ1) is 17.2. The van der Waals surface area contributed by atoms with E-state index < -0.39 is 17.9 Å². The molecule has 1 heterocycles. The Labute approximate surface area is 211 Å². The highest BCUT2D eigenvalue weighted by Crippen LogP contribution is 2.21. The van der Waals surface area contributed by atoms with Crippen molar-refractivity contribution in [3.8, 4) is 0 Å². The number of rotatable bonds is 11. The van der Waals surface area contributed by atoms with Gasteiger partial charge in [0.25, 0.3) is 0 Å². The summed E-state index contributed by atoms with van der Waals surface area (Å²) in [6, 6.07) is 15.8. The van der Waals surface area contributed by atoms with Gasteiger partial charge in [-0.1, -0.05) is 66.7 Å². The Kier molecular flexibility index (Phi) is 9.53. The van der Waals surface area contributed by atoms with E-state index in [9.17, 15) is 14.4 Å². The number of nitrogens with two attached hydrogens (primary N) is 1. The first-order valence-electron chi connectivity index (χ1n) is 12.2. The summed E-state index contributed by atoms with van der Waals surface area (Å²) < 4.78 is 0. The van der Waals surface area contributed by atoms with Gasteiger partial charge >= 0.3 is 5.97 Å². The Morgan fingerprint density at radius 2 is 1.69 bits per heavy atom. The summed E-state index contributed by atoms with van der Waals surface area (Å²) >= 11 is 0. The summed E-state index contributed by atoms with van der Waals surface area (Å²) in [5.41, 5.74) is 7.55. The van der Waals surface area contributed by atoms with E-state index in [1.165, 1.54) is 0 Å². The zero-order valence-electron chi connectivity index (χ0n) is 20.5. The molecule has 0 aliphatic carbocycles. The zero-order valence-corrected chi connectivity index (χ0v) is 20.5. The normalized spacial score (nSPS) is 16.0. The lowest BCUT2D eigenvalue weighted by Crippen LogP contribution is -2.49. The number of nitrogens with one attached hydrogen (secondary N) is 2. The molecule has 1 aliphatic rings. The zero-order chi connectivity index (χ0) is 26.1. The molecule has 5 N–H and O–H groups in total. The van der Waals surface area contributed by atoms with Crippen LogP contribution in [-0.2, 0) is 9.59 Å². The highest BCUT2D eigenvalue weighted by Gasteiger charge is 2.28. The maximum atomic E-state index is 13.3. The second-order valence-electron chi connectivity index (χ2n) is 9.23. The number of carboxylic acid groups (broad SMARTS) is 1. The molecule has 36 heavy (non-hydrogen) atoms. The van der Waals surface area contributed by atoms with Crippen LogP contribution in [0.4, 0.5) is 0 Å². The van der Waals surface area contributed by atoms with Gasteiger partial charge in [0.05, 0.1) is 12.0 Å². The molecule has 1 aliphatic heterocycles. The minimum absolute atomic E-state index is 0.0483. The Hall–Kier alpha value is -3.78. The molecule has 1 saturated heterocycles. The van der Waals surface area contributed by atoms with Crippen molar-refractivity contribution in [1.29, 1.82) is 5.41 Å². The topological polar surface area (TPSA) is 137 Å². The number of hydrogen-bond donors (Lipinski definition) is 4. The average Bonchev–Trinajstić information content (AvgIpc) is 2.88. The van der Waals surface area contributed by atoms with Gasteiger partial charge in [0.15, 0.2) is 5.78 Å². The van der Waals surface area contributed by atoms with E-state index in [0.29, 0.717) is 37.1 Å². The predicted octanol–water partition coefficient (Wildman–Crippen LogP) is 3.17. The van der Waals surface area contributed by atoms with Crippen molar-refractivity contribution < 1.29 is 19.5 Å². The number of likely N-dealkylation sites (tertiary alicyclic amines) is 1. The number of aliphatic carboxylic acids is 1. The molecule has 2 aromatic carbocycles. The fourth-order valence-corrected chi connectivity index (χ4v) is 4.34. The van der Waals surface area contributed by atoms with Crippen LogP contribution in [0.25, 0.3) is 6.08 Å². The highest BCUT2D eigenvalue weighted by atomic mass is 16.4. The molecule has 2 aromatic rings. The van der Waals surface area contributed by atoms with Gasteiger partial charge in [0.1, 0.15) is 5.84 Å². The summed E-state index contributed by atoms with van der Waals surface area (Å²) in [4.78, 5) is 39.0. The molecular formula is C28H34N4O4. The molecule has 1 amide bonds. The van der Waals surface area contributed by atoms with Crippen molar-refractivity contribution in [2.75, 3.05) is 19.6 Å². The summed E-state index contributed by atoms with van der Waals surface area (Å²) in [7, 11) is 0. The quantitative estimate of drug-likeness (QED) is 0.217. The molecule has 8 heteroatoms. The summed E-state index contributed by atoms with van der Waals surface area (Å²) in [6.45, 7) is 3.15. The number of nitrogens with zero attached hydrogens (tertiary/aromatic N) is 1. The van der Waals surface area contributed by atoms with Crippen LogP contribution in [-0.4, -0.2) is 59.2 Å². The van der Waals surface area contributed by atoms with Crippen molar-refractivity contribution >= 4 is 29.6 Å². The molecule has 1 unspecified atom stereocenters. The Bertz CT molecular complexity index is 1090. The molecule has 190 valence electrons. The SMILES string of the molecule is C[C@H](NCC(C=Cc1ccccc1)C(=O)c1ccc(C(=N)N)cc1)C(=O)N1CCC(CC(=O)O)CC1. The van der Waals surface area contributed by atoms with Crippen LogP contribution in [0, 0.1) is 17.2 Å². The fourth-order valence-electron chi connectivity index (χ4n) is 4.34. The molecule has 0 bridgehead atoms. The Balaban J connectivity index is 1.66. The molecular weight excluding hydrogens is 456 g/mol. The van der Waals surface area contributed by atoms with E-state index in [2.05, 4.69) is 5.32 Å². The van der Waals surface area contributed by atoms with Gasteiger partial charge in [0.2, 0.25) is 5.91 Å².